The average Bonchev–Trinajstić information content (AvgIpc) is 2.47. The van der Waals surface area contributed by atoms with Crippen molar-refractivity contribution in [1.82, 2.24) is 15.0 Å². The molecule has 0 fully saturated rings. The summed E-state index contributed by atoms with van der Waals surface area (Å²) in [4.78, 5) is 12.7. The lowest BCUT2D eigenvalue weighted by atomic mass is 10.2. The zero-order chi connectivity index (χ0) is 13.1. The lowest BCUT2D eigenvalue weighted by Gasteiger charge is -2.07. The summed E-state index contributed by atoms with van der Waals surface area (Å²) in [6.07, 6.45) is 3.27. The maximum atomic E-state index is 5.86. The molecule has 2 heterocycles. The number of rotatable bonds is 3. The van der Waals surface area contributed by atoms with E-state index in [1.807, 2.05) is 36.4 Å². The summed E-state index contributed by atoms with van der Waals surface area (Å²) in [6, 6.07) is 11.5. The highest BCUT2D eigenvalue weighted by Gasteiger charge is 2.03. The van der Waals surface area contributed by atoms with Crippen molar-refractivity contribution in [1.29, 1.82) is 0 Å². The summed E-state index contributed by atoms with van der Waals surface area (Å²) in [5.41, 5.74) is 2.74. The number of fused-ring (bicyclic) bond motifs is 1. The van der Waals surface area contributed by atoms with E-state index in [2.05, 4.69) is 20.3 Å². The average molecular weight is 271 g/mol. The van der Waals surface area contributed by atoms with Crippen LogP contribution in [0.15, 0.2) is 48.9 Å². The standard InChI is InChI=1S/C14H11ClN4/c15-11-5-3-10(4-6-11)8-17-14-13-12(18-9-19-14)2-1-7-16-13/h1-7,9H,8H2,(H,17,18,19). The van der Waals surface area contributed by atoms with Gasteiger partial charge in [0, 0.05) is 17.8 Å². The highest BCUT2D eigenvalue weighted by Crippen LogP contribution is 2.17. The molecule has 2 aromatic heterocycles. The molecule has 0 spiro atoms. The second kappa shape index (κ2) is 5.20. The third kappa shape index (κ3) is 2.63. The summed E-state index contributed by atoms with van der Waals surface area (Å²) >= 11 is 5.86. The highest BCUT2D eigenvalue weighted by atomic mass is 35.5. The van der Waals surface area contributed by atoms with E-state index in [0.29, 0.717) is 6.54 Å². The molecule has 1 N–H and O–H groups in total. The van der Waals surface area contributed by atoms with Gasteiger partial charge in [-0.25, -0.2) is 9.97 Å². The Bertz CT molecular complexity index is 692. The van der Waals surface area contributed by atoms with Crippen LogP contribution in [0.5, 0.6) is 0 Å². The summed E-state index contributed by atoms with van der Waals surface area (Å²) in [5.74, 6) is 0.737. The van der Waals surface area contributed by atoms with Crippen LogP contribution in [0.25, 0.3) is 11.0 Å². The molecule has 3 rings (SSSR count). The molecular weight excluding hydrogens is 260 g/mol. The number of aromatic nitrogens is 3. The smallest absolute Gasteiger partial charge is 0.156 e. The van der Waals surface area contributed by atoms with Crippen molar-refractivity contribution in [2.75, 3.05) is 5.32 Å². The van der Waals surface area contributed by atoms with Gasteiger partial charge in [-0.15, -0.1) is 0 Å². The first kappa shape index (κ1) is 11.9. The van der Waals surface area contributed by atoms with E-state index in [0.717, 1.165) is 27.4 Å². The quantitative estimate of drug-likeness (QED) is 0.793. The van der Waals surface area contributed by atoms with Crippen molar-refractivity contribution < 1.29 is 0 Å². The molecule has 5 heteroatoms. The van der Waals surface area contributed by atoms with Crippen LogP contribution < -0.4 is 5.32 Å². The molecule has 0 aliphatic carbocycles. The van der Waals surface area contributed by atoms with Gasteiger partial charge in [-0.2, -0.15) is 0 Å². The molecular formula is C14H11ClN4. The van der Waals surface area contributed by atoms with Crippen LogP contribution in [0.2, 0.25) is 5.02 Å². The monoisotopic (exact) mass is 270 g/mol. The number of hydrogen-bond donors (Lipinski definition) is 1. The minimum Gasteiger partial charge on any atom is -0.364 e. The van der Waals surface area contributed by atoms with Crippen LogP contribution >= 0.6 is 11.6 Å². The number of nitrogens with zero attached hydrogens (tertiary/aromatic N) is 3. The Hall–Kier alpha value is -2.20. The van der Waals surface area contributed by atoms with Gasteiger partial charge in [0.1, 0.15) is 11.8 Å². The van der Waals surface area contributed by atoms with E-state index in [9.17, 15) is 0 Å². The van der Waals surface area contributed by atoms with E-state index in [4.69, 9.17) is 11.6 Å². The topological polar surface area (TPSA) is 50.7 Å². The molecule has 94 valence electrons. The first-order valence-corrected chi connectivity index (χ1v) is 6.25. The van der Waals surface area contributed by atoms with E-state index >= 15 is 0 Å². The van der Waals surface area contributed by atoms with Crippen LogP contribution in [0.1, 0.15) is 5.56 Å². The zero-order valence-corrected chi connectivity index (χ0v) is 10.8. The normalized spacial score (nSPS) is 10.6. The number of anilines is 1. The van der Waals surface area contributed by atoms with Gasteiger partial charge >= 0.3 is 0 Å². The number of benzene rings is 1. The lowest BCUT2D eigenvalue weighted by Crippen LogP contribution is -2.03. The van der Waals surface area contributed by atoms with Crippen LogP contribution in [0, 0.1) is 0 Å². The van der Waals surface area contributed by atoms with E-state index in [1.165, 1.54) is 6.33 Å². The van der Waals surface area contributed by atoms with Crippen molar-refractivity contribution in [2.45, 2.75) is 6.54 Å². The Morgan fingerprint density at radius 2 is 1.84 bits per heavy atom. The summed E-state index contributed by atoms with van der Waals surface area (Å²) < 4.78 is 0. The highest BCUT2D eigenvalue weighted by molar-refractivity contribution is 6.30. The molecule has 0 unspecified atom stereocenters. The molecule has 4 nitrogen and oxygen atoms in total. The van der Waals surface area contributed by atoms with Gasteiger partial charge in [-0.3, -0.25) is 4.98 Å². The molecule has 0 radical (unpaired) electrons. The van der Waals surface area contributed by atoms with Gasteiger partial charge in [0.25, 0.3) is 0 Å². The molecule has 3 aromatic rings. The van der Waals surface area contributed by atoms with Crippen LogP contribution in [-0.4, -0.2) is 15.0 Å². The van der Waals surface area contributed by atoms with E-state index in [1.54, 1.807) is 6.20 Å². The molecule has 0 atom stereocenters. The van der Waals surface area contributed by atoms with Gasteiger partial charge < -0.3 is 5.32 Å². The third-order valence-electron chi connectivity index (χ3n) is 2.77. The first-order valence-electron chi connectivity index (χ1n) is 5.87. The first-order chi connectivity index (χ1) is 9.33. The van der Waals surface area contributed by atoms with Gasteiger partial charge in [0.2, 0.25) is 0 Å². The van der Waals surface area contributed by atoms with Gasteiger partial charge in [0.05, 0.1) is 5.52 Å². The fourth-order valence-corrected chi connectivity index (χ4v) is 1.94. The second-order valence-electron chi connectivity index (χ2n) is 4.07. The van der Waals surface area contributed by atoms with E-state index < -0.39 is 0 Å². The predicted octanol–water partition coefficient (Wildman–Crippen LogP) is 3.29. The van der Waals surface area contributed by atoms with Crippen molar-refractivity contribution in [3.63, 3.8) is 0 Å². The third-order valence-corrected chi connectivity index (χ3v) is 3.02. The Kier molecular flexibility index (Phi) is 3.25. The predicted molar refractivity (Wildman–Crippen MR) is 76.1 cm³/mol. The van der Waals surface area contributed by atoms with Crippen molar-refractivity contribution in [3.05, 3.63) is 59.5 Å². The number of pyridine rings is 1. The molecule has 0 amide bonds. The van der Waals surface area contributed by atoms with E-state index in [-0.39, 0.29) is 0 Å². The molecule has 1 aromatic carbocycles. The maximum Gasteiger partial charge on any atom is 0.156 e. The fourth-order valence-electron chi connectivity index (χ4n) is 1.81. The van der Waals surface area contributed by atoms with Crippen molar-refractivity contribution in [3.8, 4) is 0 Å². The molecule has 0 saturated heterocycles. The molecule has 19 heavy (non-hydrogen) atoms. The van der Waals surface area contributed by atoms with Crippen LogP contribution in [-0.2, 0) is 6.54 Å². The summed E-state index contributed by atoms with van der Waals surface area (Å²) in [5, 5.41) is 4.00. The SMILES string of the molecule is Clc1ccc(CNc2ncnc3cccnc23)cc1. The number of halogens is 1. The summed E-state index contributed by atoms with van der Waals surface area (Å²) in [6.45, 7) is 0.667. The molecule has 0 bridgehead atoms. The van der Waals surface area contributed by atoms with Gasteiger partial charge in [-0.05, 0) is 29.8 Å². The minimum absolute atomic E-state index is 0.667. The van der Waals surface area contributed by atoms with Crippen LogP contribution in [0.4, 0.5) is 5.82 Å². The fraction of sp³-hybridized carbons (Fsp3) is 0.0714. The molecule has 0 aliphatic heterocycles. The van der Waals surface area contributed by atoms with Gasteiger partial charge in [0.15, 0.2) is 5.82 Å². The summed E-state index contributed by atoms with van der Waals surface area (Å²) in [7, 11) is 0. The van der Waals surface area contributed by atoms with Crippen molar-refractivity contribution in [2.24, 2.45) is 0 Å². The largest absolute Gasteiger partial charge is 0.364 e. The number of hydrogen-bond acceptors (Lipinski definition) is 4. The Labute approximate surface area is 115 Å². The van der Waals surface area contributed by atoms with Crippen LogP contribution in [0.3, 0.4) is 0 Å². The Balaban J connectivity index is 1.84. The Morgan fingerprint density at radius 3 is 2.68 bits per heavy atom. The van der Waals surface area contributed by atoms with Crippen molar-refractivity contribution >= 4 is 28.5 Å². The molecule has 0 aliphatic rings. The minimum atomic E-state index is 0.667. The zero-order valence-electron chi connectivity index (χ0n) is 10.0. The second-order valence-corrected chi connectivity index (χ2v) is 4.51. The maximum absolute atomic E-state index is 5.86. The molecule has 0 saturated carbocycles. The Morgan fingerprint density at radius 1 is 1.00 bits per heavy atom. The number of nitrogens with one attached hydrogen (secondary N) is 1. The van der Waals surface area contributed by atoms with Gasteiger partial charge in [-0.1, -0.05) is 23.7 Å². The lowest BCUT2D eigenvalue weighted by molar-refractivity contribution is 1.09.